The van der Waals surface area contributed by atoms with Crippen LogP contribution >= 0.6 is 0 Å². The second-order valence-corrected chi connectivity index (χ2v) is 6.00. The number of allylic oxidation sites excluding steroid dienone is 1. The summed E-state index contributed by atoms with van der Waals surface area (Å²) in [6.45, 7) is 4.47. The summed E-state index contributed by atoms with van der Waals surface area (Å²) in [4.78, 5) is 13.6. The van der Waals surface area contributed by atoms with Crippen molar-refractivity contribution in [2.45, 2.75) is 20.4 Å². The summed E-state index contributed by atoms with van der Waals surface area (Å²) in [5.41, 5.74) is 2.29. The summed E-state index contributed by atoms with van der Waals surface area (Å²) >= 11 is 0. The van der Waals surface area contributed by atoms with Crippen molar-refractivity contribution in [1.29, 1.82) is 0 Å². The third-order valence-corrected chi connectivity index (χ3v) is 4.03. The molecule has 3 nitrogen and oxygen atoms in total. The Morgan fingerprint density at radius 3 is 2.68 bits per heavy atom. The van der Waals surface area contributed by atoms with Crippen LogP contribution in [0.15, 0.2) is 36.4 Å². The monoisotopic (exact) mass is 279 g/mol. The van der Waals surface area contributed by atoms with Gasteiger partial charge in [0.1, 0.15) is 5.75 Å². The van der Waals surface area contributed by atoms with Gasteiger partial charge in [-0.15, -0.1) is 0 Å². The summed E-state index contributed by atoms with van der Waals surface area (Å²) in [6, 6.07) is 7.98. The van der Waals surface area contributed by atoms with Crippen LogP contribution in [0.25, 0.3) is 0 Å². The highest BCUT2D eigenvalue weighted by atomic mass is 32.2. The van der Waals surface area contributed by atoms with Crippen LogP contribution < -0.4 is 0 Å². The molecule has 1 rings (SSSR count). The summed E-state index contributed by atoms with van der Waals surface area (Å²) < 4.78 is 11.6. The lowest BCUT2D eigenvalue weighted by molar-refractivity contribution is -0.127. The molecule has 1 amide bonds. The summed E-state index contributed by atoms with van der Waals surface area (Å²) in [5.74, 6) is 0.457. The van der Waals surface area contributed by atoms with E-state index in [0.717, 1.165) is 11.1 Å². The van der Waals surface area contributed by atoms with E-state index in [-0.39, 0.29) is 11.7 Å². The Balaban J connectivity index is 2.54. The largest absolute Gasteiger partial charge is 0.341 e. The molecule has 1 atom stereocenters. The van der Waals surface area contributed by atoms with Crippen molar-refractivity contribution < 1.29 is 9.00 Å². The molecule has 1 aromatic carbocycles. The maximum atomic E-state index is 11.9. The highest BCUT2D eigenvalue weighted by Crippen LogP contribution is 2.09. The minimum atomic E-state index is -1.11. The van der Waals surface area contributed by atoms with Crippen molar-refractivity contribution in [2.75, 3.05) is 18.6 Å². The van der Waals surface area contributed by atoms with Gasteiger partial charge in [-0.1, -0.05) is 36.4 Å². The van der Waals surface area contributed by atoms with Gasteiger partial charge in [0.2, 0.25) is 5.91 Å². The van der Waals surface area contributed by atoms with Crippen LogP contribution in [-0.4, -0.2) is 33.6 Å². The molecule has 0 fully saturated rings. The second-order valence-electron chi connectivity index (χ2n) is 4.50. The van der Waals surface area contributed by atoms with Crippen molar-refractivity contribution in [3.05, 3.63) is 47.5 Å². The molecule has 1 aromatic rings. The van der Waals surface area contributed by atoms with E-state index in [2.05, 4.69) is 0 Å². The summed E-state index contributed by atoms with van der Waals surface area (Å²) in [7, 11) is 0.640. The molecule has 0 aliphatic carbocycles. The molecular weight excluding hydrogens is 258 g/mol. The van der Waals surface area contributed by atoms with Gasteiger partial charge in [0.15, 0.2) is 0 Å². The smallest absolute Gasteiger partial charge is 0.235 e. The van der Waals surface area contributed by atoms with Crippen molar-refractivity contribution in [2.24, 2.45) is 0 Å². The minimum absolute atomic E-state index is 0.0777. The van der Waals surface area contributed by atoms with Crippen LogP contribution in [-0.2, 0) is 22.1 Å². The van der Waals surface area contributed by atoms with Crippen LogP contribution in [0.5, 0.6) is 0 Å². The predicted octanol–water partition coefficient (Wildman–Crippen LogP) is 2.28. The lowest BCUT2D eigenvalue weighted by Crippen LogP contribution is -2.31. The Morgan fingerprint density at radius 2 is 2.05 bits per heavy atom. The standard InChI is InChI=1S/C15H21NO2S/c1-4-5-10-19(18)12-15(17)16(3)11-14-9-7-6-8-13(14)2/h4-9H,10-12H2,1-3H3/b5-4+/t19-/m1/s1. The van der Waals surface area contributed by atoms with E-state index >= 15 is 0 Å². The zero-order valence-electron chi connectivity index (χ0n) is 11.8. The van der Waals surface area contributed by atoms with E-state index in [0.29, 0.717) is 12.3 Å². The first-order valence-electron chi connectivity index (χ1n) is 6.29. The molecule has 0 spiro atoms. The predicted molar refractivity (Wildman–Crippen MR) is 80.3 cm³/mol. The van der Waals surface area contributed by atoms with Crippen LogP contribution in [0.3, 0.4) is 0 Å². The molecule has 0 aromatic heterocycles. The fourth-order valence-corrected chi connectivity index (χ4v) is 2.66. The van der Waals surface area contributed by atoms with Crippen LogP contribution in [0.2, 0.25) is 0 Å². The van der Waals surface area contributed by atoms with E-state index in [1.807, 2.05) is 50.3 Å². The highest BCUT2D eigenvalue weighted by molar-refractivity contribution is 7.85. The fraction of sp³-hybridized carbons (Fsp3) is 0.400. The highest BCUT2D eigenvalue weighted by Gasteiger charge is 2.13. The Kier molecular flexibility index (Phi) is 6.50. The van der Waals surface area contributed by atoms with Gasteiger partial charge >= 0.3 is 0 Å². The maximum Gasteiger partial charge on any atom is 0.235 e. The van der Waals surface area contributed by atoms with E-state index < -0.39 is 10.8 Å². The lowest BCUT2D eigenvalue weighted by atomic mass is 10.1. The lowest BCUT2D eigenvalue weighted by Gasteiger charge is -2.18. The number of amides is 1. The van der Waals surface area contributed by atoms with Crippen LogP contribution in [0, 0.1) is 6.92 Å². The second kappa shape index (κ2) is 7.89. The maximum absolute atomic E-state index is 11.9. The Bertz CT molecular complexity index is 483. The van der Waals surface area contributed by atoms with Gasteiger partial charge in [-0.2, -0.15) is 0 Å². The number of carbonyl (C=O) groups is 1. The first-order valence-corrected chi connectivity index (χ1v) is 7.78. The molecule has 0 saturated heterocycles. The summed E-state index contributed by atoms with van der Waals surface area (Å²) in [6.07, 6.45) is 3.67. The first kappa shape index (κ1) is 15.6. The summed E-state index contributed by atoms with van der Waals surface area (Å²) in [5, 5.41) is 0. The molecule has 0 radical (unpaired) electrons. The zero-order chi connectivity index (χ0) is 14.3. The number of rotatable bonds is 6. The number of carbonyl (C=O) groups excluding carboxylic acids is 1. The molecule has 104 valence electrons. The molecular formula is C15H21NO2S. The molecule has 0 unspecified atom stereocenters. The van der Waals surface area contributed by atoms with E-state index in [4.69, 9.17) is 0 Å². The van der Waals surface area contributed by atoms with E-state index in [9.17, 15) is 9.00 Å². The Labute approximate surface area is 117 Å². The topological polar surface area (TPSA) is 37.4 Å². The van der Waals surface area contributed by atoms with Crippen molar-refractivity contribution in [3.8, 4) is 0 Å². The average molecular weight is 279 g/mol. The first-order chi connectivity index (χ1) is 9.04. The van der Waals surface area contributed by atoms with Gasteiger partial charge in [-0.25, -0.2) is 0 Å². The van der Waals surface area contributed by atoms with Crippen molar-refractivity contribution >= 4 is 16.7 Å². The van der Waals surface area contributed by atoms with Gasteiger partial charge in [0.25, 0.3) is 0 Å². The van der Waals surface area contributed by atoms with Crippen molar-refractivity contribution in [3.63, 3.8) is 0 Å². The molecule has 0 heterocycles. The molecule has 4 heteroatoms. The van der Waals surface area contributed by atoms with Gasteiger partial charge in [0.05, 0.1) is 0 Å². The molecule has 19 heavy (non-hydrogen) atoms. The minimum Gasteiger partial charge on any atom is -0.341 e. The van der Waals surface area contributed by atoms with E-state index in [1.165, 1.54) is 0 Å². The van der Waals surface area contributed by atoms with Gasteiger partial charge in [0, 0.05) is 30.1 Å². The Hall–Kier alpha value is -1.42. The average Bonchev–Trinajstić information content (AvgIpc) is 2.38. The normalized spacial score (nSPS) is 12.6. The van der Waals surface area contributed by atoms with Crippen LogP contribution in [0.1, 0.15) is 18.1 Å². The molecule has 0 aliphatic rings. The fourth-order valence-electron chi connectivity index (χ4n) is 1.64. The SMILES string of the molecule is C/C=C/C[S@@](=O)CC(=O)N(C)Cc1ccccc1C. The molecule has 0 aliphatic heterocycles. The van der Waals surface area contributed by atoms with Gasteiger partial charge < -0.3 is 4.90 Å². The quantitative estimate of drug-likeness (QED) is 0.749. The number of benzene rings is 1. The zero-order valence-corrected chi connectivity index (χ0v) is 12.6. The number of aryl methyl sites for hydroxylation is 1. The molecule has 0 N–H and O–H groups in total. The Morgan fingerprint density at radius 1 is 1.37 bits per heavy atom. The van der Waals surface area contributed by atoms with Crippen molar-refractivity contribution in [1.82, 2.24) is 4.90 Å². The van der Waals surface area contributed by atoms with Crippen LogP contribution in [0.4, 0.5) is 0 Å². The molecule has 0 bridgehead atoms. The number of nitrogens with zero attached hydrogens (tertiary/aromatic N) is 1. The third-order valence-electron chi connectivity index (χ3n) is 2.90. The van der Waals surface area contributed by atoms with Gasteiger partial charge in [-0.05, 0) is 25.0 Å². The van der Waals surface area contributed by atoms with Gasteiger partial charge in [-0.3, -0.25) is 9.00 Å². The number of hydrogen-bond donors (Lipinski definition) is 0. The van der Waals surface area contributed by atoms with E-state index in [1.54, 1.807) is 11.9 Å². The third kappa shape index (κ3) is 5.39. The molecule has 0 saturated carbocycles. The number of hydrogen-bond acceptors (Lipinski definition) is 2.